The van der Waals surface area contributed by atoms with E-state index in [1.165, 1.54) is 17.7 Å². The maximum absolute atomic E-state index is 13.7. The third-order valence-electron chi connectivity index (χ3n) is 5.57. The Morgan fingerprint density at radius 3 is 2.32 bits per heavy atom. The van der Waals surface area contributed by atoms with Gasteiger partial charge in [0.2, 0.25) is 0 Å². The van der Waals surface area contributed by atoms with E-state index >= 15 is 0 Å². The normalized spacial score (nSPS) is 10.8. The Morgan fingerprint density at radius 1 is 0.882 bits per heavy atom. The number of pyridine rings is 1. The highest BCUT2D eigenvalue weighted by atomic mass is 19.1. The smallest absolute Gasteiger partial charge is 0.123 e. The predicted octanol–water partition coefficient (Wildman–Crippen LogP) is 5.49. The average Bonchev–Trinajstić information content (AvgIpc) is 3.21. The molecule has 4 nitrogen and oxygen atoms in total. The van der Waals surface area contributed by atoms with E-state index in [1.807, 2.05) is 37.2 Å². The number of aromatic nitrogens is 3. The number of benzene rings is 2. The molecule has 0 saturated heterocycles. The molecule has 34 heavy (non-hydrogen) atoms. The van der Waals surface area contributed by atoms with Crippen molar-refractivity contribution in [2.24, 2.45) is 0 Å². The van der Waals surface area contributed by atoms with Crippen molar-refractivity contribution in [3.63, 3.8) is 0 Å². The summed E-state index contributed by atoms with van der Waals surface area (Å²) in [5.41, 5.74) is 5.10. The Bertz CT molecular complexity index is 1250. The van der Waals surface area contributed by atoms with Gasteiger partial charge in [-0.15, -0.1) is 0 Å². The van der Waals surface area contributed by atoms with E-state index in [2.05, 4.69) is 45.7 Å². The number of hydrogen-bond donors (Lipinski definition) is 0. The molecule has 0 spiro atoms. The van der Waals surface area contributed by atoms with Crippen LogP contribution in [0.4, 0.5) is 4.39 Å². The van der Waals surface area contributed by atoms with Gasteiger partial charge in [0.1, 0.15) is 11.6 Å². The number of halogens is 1. The van der Waals surface area contributed by atoms with E-state index in [-0.39, 0.29) is 5.82 Å². The maximum atomic E-state index is 13.7. The molecule has 0 amide bonds. The monoisotopic (exact) mass is 452 g/mol. The van der Waals surface area contributed by atoms with Gasteiger partial charge in [-0.25, -0.2) is 9.37 Å². The van der Waals surface area contributed by atoms with Crippen molar-refractivity contribution >= 4 is 0 Å². The van der Waals surface area contributed by atoms with Crippen LogP contribution < -0.4 is 0 Å². The van der Waals surface area contributed by atoms with Crippen molar-refractivity contribution in [3.05, 3.63) is 96.3 Å². The lowest BCUT2D eigenvalue weighted by molar-refractivity contribution is 0.463. The van der Waals surface area contributed by atoms with Crippen LogP contribution in [0.2, 0.25) is 0 Å². The van der Waals surface area contributed by atoms with Crippen molar-refractivity contribution in [1.29, 1.82) is 0 Å². The molecule has 0 aliphatic heterocycles. The molecule has 2 aromatic heterocycles. The summed E-state index contributed by atoms with van der Waals surface area (Å²) in [4.78, 5) is 11.3. The summed E-state index contributed by atoms with van der Waals surface area (Å²) >= 11 is 0. The molecule has 0 bridgehead atoms. The second kappa shape index (κ2) is 11.4. The summed E-state index contributed by atoms with van der Waals surface area (Å²) in [7, 11) is 4.01. The zero-order valence-electron chi connectivity index (χ0n) is 19.7. The fourth-order valence-corrected chi connectivity index (χ4v) is 3.93. The standard InChI is InChI=1S/C29H29FN4/c1-33(2)21-7-6-12-27-32-28(24-13-15-26(30)16-14-24)29(25-17-19-31-20-18-25)34(27)22-8-11-23-9-4-3-5-10-23/h3-5,9-10,13-20H,8,11-12,21-22H2,1-2H3. The first-order valence-corrected chi connectivity index (χ1v) is 11.5. The largest absolute Gasteiger partial charge is 0.327 e. The lowest BCUT2D eigenvalue weighted by Gasteiger charge is -2.13. The zero-order valence-corrected chi connectivity index (χ0v) is 19.7. The van der Waals surface area contributed by atoms with Gasteiger partial charge in [-0.05, 0) is 68.9 Å². The summed E-state index contributed by atoms with van der Waals surface area (Å²) < 4.78 is 15.9. The van der Waals surface area contributed by atoms with Crippen LogP contribution in [0.3, 0.4) is 0 Å². The van der Waals surface area contributed by atoms with Gasteiger partial charge in [-0.1, -0.05) is 42.2 Å². The van der Waals surface area contributed by atoms with E-state index in [0.717, 1.165) is 47.7 Å². The van der Waals surface area contributed by atoms with Gasteiger partial charge in [0.25, 0.3) is 0 Å². The third kappa shape index (κ3) is 5.98. The highest BCUT2D eigenvalue weighted by molar-refractivity contribution is 5.79. The van der Waals surface area contributed by atoms with Crippen LogP contribution in [-0.4, -0.2) is 40.1 Å². The molecule has 0 N–H and O–H groups in total. The molecule has 2 heterocycles. The van der Waals surface area contributed by atoms with E-state index in [4.69, 9.17) is 4.98 Å². The molecule has 2 aromatic carbocycles. The summed E-state index contributed by atoms with van der Waals surface area (Å²) in [5.74, 6) is 7.17. The first kappa shape index (κ1) is 23.4. The Morgan fingerprint density at radius 2 is 1.62 bits per heavy atom. The van der Waals surface area contributed by atoms with Crippen molar-refractivity contribution in [3.8, 4) is 34.4 Å². The minimum Gasteiger partial charge on any atom is -0.327 e. The SMILES string of the molecule is CN(C)CC#CCc1nc(-c2ccc(F)cc2)c(-c2ccncc2)n1CCCc1ccccc1. The molecule has 0 saturated carbocycles. The molecular formula is C29H29FN4. The van der Waals surface area contributed by atoms with Crippen LogP contribution in [-0.2, 0) is 19.4 Å². The lowest BCUT2D eigenvalue weighted by atomic mass is 10.1. The first-order chi connectivity index (χ1) is 16.6. The minimum absolute atomic E-state index is 0.258. The van der Waals surface area contributed by atoms with E-state index in [9.17, 15) is 4.39 Å². The molecule has 0 aliphatic carbocycles. The predicted molar refractivity (Wildman–Crippen MR) is 136 cm³/mol. The third-order valence-corrected chi connectivity index (χ3v) is 5.57. The van der Waals surface area contributed by atoms with Gasteiger partial charge in [0.05, 0.1) is 24.4 Å². The quantitative estimate of drug-likeness (QED) is 0.332. The summed E-state index contributed by atoms with van der Waals surface area (Å²) in [5, 5.41) is 0. The van der Waals surface area contributed by atoms with Crippen molar-refractivity contribution in [1.82, 2.24) is 19.4 Å². The Labute approximate surface area is 201 Å². The van der Waals surface area contributed by atoms with Gasteiger partial charge in [-0.2, -0.15) is 0 Å². The highest BCUT2D eigenvalue weighted by Crippen LogP contribution is 2.33. The molecule has 172 valence electrons. The van der Waals surface area contributed by atoms with Crippen molar-refractivity contribution < 1.29 is 4.39 Å². The van der Waals surface area contributed by atoms with Gasteiger partial charge in [0.15, 0.2) is 0 Å². The van der Waals surface area contributed by atoms with Crippen LogP contribution >= 0.6 is 0 Å². The summed E-state index contributed by atoms with van der Waals surface area (Å²) in [6.07, 6.45) is 6.09. The second-order valence-corrected chi connectivity index (χ2v) is 8.48. The molecule has 4 aromatic rings. The zero-order chi connectivity index (χ0) is 23.8. The van der Waals surface area contributed by atoms with E-state index < -0.39 is 0 Å². The molecule has 0 unspecified atom stereocenters. The maximum Gasteiger partial charge on any atom is 0.123 e. The summed E-state index contributed by atoms with van der Waals surface area (Å²) in [6.45, 7) is 1.52. The fourth-order valence-electron chi connectivity index (χ4n) is 3.93. The molecule has 0 atom stereocenters. The van der Waals surface area contributed by atoms with Crippen molar-refractivity contribution in [2.75, 3.05) is 20.6 Å². The topological polar surface area (TPSA) is 34.0 Å². The van der Waals surface area contributed by atoms with Crippen LogP contribution in [0.15, 0.2) is 79.1 Å². The van der Waals surface area contributed by atoms with Gasteiger partial charge in [-0.3, -0.25) is 9.88 Å². The van der Waals surface area contributed by atoms with E-state index in [0.29, 0.717) is 13.0 Å². The molecule has 5 heteroatoms. The average molecular weight is 453 g/mol. The number of rotatable bonds is 8. The van der Waals surface area contributed by atoms with Gasteiger partial charge < -0.3 is 4.57 Å². The van der Waals surface area contributed by atoms with Gasteiger partial charge in [0, 0.05) is 30.1 Å². The molecule has 0 radical (unpaired) electrons. The Kier molecular flexibility index (Phi) is 7.85. The second-order valence-electron chi connectivity index (χ2n) is 8.48. The van der Waals surface area contributed by atoms with Crippen LogP contribution in [0.1, 0.15) is 17.8 Å². The molecule has 0 aliphatic rings. The molecular weight excluding hydrogens is 423 g/mol. The number of aryl methyl sites for hydroxylation is 1. The van der Waals surface area contributed by atoms with Crippen LogP contribution in [0.5, 0.6) is 0 Å². The Balaban J connectivity index is 1.75. The summed E-state index contributed by atoms with van der Waals surface area (Å²) in [6, 6.07) is 21.1. The minimum atomic E-state index is -0.258. The fraction of sp³-hybridized carbons (Fsp3) is 0.241. The van der Waals surface area contributed by atoms with E-state index in [1.54, 1.807) is 24.5 Å². The van der Waals surface area contributed by atoms with Crippen LogP contribution in [0.25, 0.3) is 22.5 Å². The van der Waals surface area contributed by atoms with Crippen molar-refractivity contribution in [2.45, 2.75) is 25.8 Å². The van der Waals surface area contributed by atoms with Crippen LogP contribution in [0, 0.1) is 17.7 Å². The van der Waals surface area contributed by atoms with Gasteiger partial charge >= 0.3 is 0 Å². The number of hydrogen-bond acceptors (Lipinski definition) is 3. The molecule has 4 rings (SSSR count). The number of nitrogens with zero attached hydrogens (tertiary/aromatic N) is 4. The first-order valence-electron chi connectivity index (χ1n) is 11.5. The lowest BCUT2D eigenvalue weighted by Crippen LogP contribution is -2.11. The number of imidazole rings is 1. The highest BCUT2D eigenvalue weighted by Gasteiger charge is 2.19. The molecule has 0 fully saturated rings. The Hall–Kier alpha value is -3.75.